The summed E-state index contributed by atoms with van der Waals surface area (Å²) in [5, 5.41) is 3.31. The molecule has 0 aliphatic heterocycles. The summed E-state index contributed by atoms with van der Waals surface area (Å²) in [6.45, 7) is 0.419. The molecule has 0 aliphatic carbocycles. The SMILES string of the molecule is CN(C)C(=O)CCNC(=O)CCBr. The van der Waals surface area contributed by atoms with Gasteiger partial charge in [-0.1, -0.05) is 15.9 Å². The zero-order valence-corrected chi connectivity index (χ0v) is 9.56. The van der Waals surface area contributed by atoms with E-state index in [-0.39, 0.29) is 11.8 Å². The summed E-state index contributed by atoms with van der Waals surface area (Å²) in [5.41, 5.74) is 0. The third kappa shape index (κ3) is 6.57. The van der Waals surface area contributed by atoms with Crippen LogP contribution in [0.15, 0.2) is 0 Å². The van der Waals surface area contributed by atoms with E-state index in [2.05, 4.69) is 21.2 Å². The van der Waals surface area contributed by atoms with Crippen molar-refractivity contribution in [3.8, 4) is 0 Å². The number of carbonyl (C=O) groups excluding carboxylic acids is 2. The van der Waals surface area contributed by atoms with Gasteiger partial charge in [-0.3, -0.25) is 9.59 Å². The van der Waals surface area contributed by atoms with E-state index in [9.17, 15) is 9.59 Å². The van der Waals surface area contributed by atoms with Crippen LogP contribution in [0.2, 0.25) is 0 Å². The highest BCUT2D eigenvalue weighted by molar-refractivity contribution is 9.09. The average molecular weight is 251 g/mol. The molecule has 0 aromatic carbocycles. The van der Waals surface area contributed by atoms with Gasteiger partial charge in [-0.2, -0.15) is 0 Å². The van der Waals surface area contributed by atoms with Crippen LogP contribution in [0.5, 0.6) is 0 Å². The first-order valence-corrected chi connectivity index (χ1v) is 5.23. The smallest absolute Gasteiger partial charge is 0.223 e. The topological polar surface area (TPSA) is 49.4 Å². The molecule has 5 heteroatoms. The Kier molecular flexibility index (Phi) is 6.58. The van der Waals surface area contributed by atoms with Gasteiger partial charge in [0.05, 0.1) is 0 Å². The molecule has 0 saturated carbocycles. The summed E-state index contributed by atoms with van der Waals surface area (Å²) in [6, 6.07) is 0. The molecule has 0 fully saturated rings. The van der Waals surface area contributed by atoms with Crippen LogP contribution in [0.25, 0.3) is 0 Å². The maximum Gasteiger partial charge on any atom is 0.223 e. The summed E-state index contributed by atoms with van der Waals surface area (Å²) in [4.78, 5) is 23.5. The first-order valence-electron chi connectivity index (χ1n) is 4.10. The summed E-state index contributed by atoms with van der Waals surface area (Å²) < 4.78 is 0. The number of hydrogen-bond donors (Lipinski definition) is 1. The molecule has 0 aliphatic rings. The van der Waals surface area contributed by atoms with Gasteiger partial charge >= 0.3 is 0 Å². The van der Waals surface area contributed by atoms with Gasteiger partial charge in [-0.25, -0.2) is 0 Å². The van der Waals surface area contributed by atoms with E-state index in [4.69, 9.17) is 0 Å². The monoisotopic (exact) mass is 250 g/mol. The van der Waals surface area contributed by atoms with Gasteiger partial charge < -0.3 is 10.2 Å². The molecule has 2 amide bonds. The molecular weight excluding hydrogens is 236 g/mol. The van der Waals surface area contributed by atoms with E-state index < -0.39 is 0 Å². The second-order valence-corrected chi connectivity index (χ2v) is 3.62. The Balaban J connectivity index is 3.45. The highest BCUT2D eigenvalue weighted by Gasteiger charge is 2.04. The minimum Gasteiger partial charge on any atom is -0.356 e. The van der Waals surface area contributed by atoms with Crippen molar-refractivity contribution in [3.05, 3.63) is 0 Å². The summed E-state index contributed by atoms with van der Waals surface area (Å²) in [7, 11) is 3.39. The van der Waals surface area contributed by atoms with Crippen molar-refractivity contribution < 1.29 is 9.59 Å². The lowest BCUT2D eigenvalue weighted by atomic mass is 10.3. The molecule has 0 saturated heterocycles. The summed E-state index contributed by atoms with van der Waals surface area (Å²) >= 11 is 3.16. The quantitative estimate of drug-likeness (QED) is 0.717. The fourth-order valence-corrected chi connectivity index (χ4v) is 1.07. The van der Waals surface area contributed by atoms with Gasteiger partial charge in [-0.05, 0) is 0 Å². The second-order valence-electron chi connectivity index (χ2n) is 2.83. The predicted molar refractivity (Wildman–Crippen MR) is 54.7 cm³/mol. The zero-order chi connectivity index (χ0) is 10.3. The molecular formula is C8H15BrN2O2. The van der Waals surface area contributed by atoms with Crippen LogP contribution < -0.4 is 5.32 Å². The van der Waals surface area contributed by atoms with E-state index in [0.717, 1.165) is 0 Å². The maximum absolute atomic E-state index is 11.0. The molecule has 0 rings (SSSR count). The van der Waals surface area contributed by atoms with Crippen molar-refractivity contribution in [1.29, 1.82) is 0 Å². The predicted octanol–water partition coefficient (Wildman–Crippen LogP) is 0.366. The summed E-state index contributed by atoms with van der Waals surface area (Å²) in [6.07, 6.45) is 0.817. The van der Waals surface area contributed by atoms with Crippen LogP contribution in [0.4, 0.5) is 0 Å². The first kappa shape index (κ1) is 12.4. The second kappa shape index (κ2) is 6.88. The van der Waals surface area contributed by atoms with Crippen LogP contribution in [0.1, 0.15) is 12.8 Å². The van der Waals surface area contributed by atoms with Crippen LogP contribution in [-0.2, 0) is 9.59 Å². The molecule has 0 unspecified atom stereocenters. The largest absolute Gasteiger partial charge is 0.356 e. The Labute approximate surface area is 86.8 Å². The number of rotatable bonds is 5. The van der Waals surface area contributed by atoms with Crippen LogP contribution in [0.3, 0.4) is 0 Å². The standard InChI is InChI=1S/C8H15BrN2O2/c1-11(2)8(13)4-6-10-7(12)3-5-9/h3-6H2,1-2H3,(H,10,12). The molecule has 0 bridgehead atoms. The van der Waals surface area contributed by atoms with Gasteiger partial charge in [0.15, 0.2) is 0 Å². The Bertz CT molecular complexity index is 183. The highest BCUT2D eigenvalue weighted by atomic mass is 79.9. The van der Waals surface area contributed by atoms with Crippen LogP contribution >= 0.6 is 15.9 Å². The van der Waals surface area contributed by atoms with Crippen molar-refractivity contribution in [1.82, 2.24) is 10.2 Å². The fourth-order valence-electron chi connectivity index (χ4n) is 0.707. The highest BCUT2D eigenvalue weighted by Crippen LogP contribution is 1.88. The molecule has 1 N–H and O–H groups in total. The molecule has 0 aromatic rings. The third-order valence-electron chi connectivity index (χ3n) is 1.48. The number of carbonyl (C=O) groups is 2. The number of nitrogens with zero attached hydrogens (tertiary/aromatic N) is 1. The lowest BCUT2D eigenvalue weighted by Crippen LogP contribution is -2.30. The Hall–Kier alpha value is -0.580. The van der Waals surface area contributed by atoms with Crippen molar-refractivity contribution in [2.45, 2.75) is 12.8 Å². The normalized spacial score (nSPS) is 9.46. The fraction of sp³-hybridized carbons (Fsp3) is 0.750. The number of halogens is 1. The van der Waals surface area contributed by atoms with Crippen LogP contribution in [0, 0.1) is 0 Å². The molecule has 0 radical (unpaired) electrons. The van der Waals surface area contributed by atoms with Crippen molar-refractivity contribution in [2.24, 2.45) is 0 Å². The van der Waals surface area contributed by atoms with Crippen molar-refractivity contribution >= 4 is 27.7 Å². The van der Waals surface area contributed by atoms with E-state index >= 15 is 0 Å². The Morgan fingerprint density at radius 2 is 1.92 bits per heavy atom. The maximum atomic E-state index is 11.0. The molecule has 0 atom stereocenters. The molecule has 0 aromatic heterocycles. The van der Waals surface area contributed by atoms with E-state index in [1.54, 1.807) is 14.1 Å². The van der Waals surface area contributed by atoms with E-state index in [0.29, 0.717) is 24.7 Å². The molecule has 0 spiro atoms. The minimum absolute atomic E-state index is 0.0246. The minimum atomic E-state index is -0.0246. The molecule has 13 heavy (non-hydrogen) atoms. The third-order valence-corrected chi connectivity index (χ3v) is 1.88. The van der Waals surface area contributed by atoms with E-state index in [1.807, 2.05) is 0 Å². The van der Waals surface area contributed by atoms with Gasteiger partial charge in [0.1, 0.15) is 0 Å². The lowest BCUT2D eigenvalue weighted by molar-refractivity contribution is -0.128. The summed E-state index contributed by atoms with van der Waals surface area (Å²) in [5.74, 6) is 0.00238. The number of hydrogen-bond acceptors (Lipinski definition) is 2. The first-order chi connectivity index (χ1) is 6.07. The average Bonchev–Trinajstić information content (AvgIpc) is 2.04. The number of amides is 2. The van der Waals surface area contributed by atoms with Gasteiger partial charge in [0.2, 0.25) is 11.8 Å². The van der Waals surface area contributed by atoms with E-state index in [1.165, 1.54) is 4.90 Å². The molecule has 76 valence electrons. The number of alkyl halides is 1. The van der Waals surface area contributed by atoms with Gasteiger partial charge in [-0.15, -0.1) is 0 Å². The Morgan fingerprint density at radius 3 is 2.38 bits per heavy atom. The van der Waals surface area contributed by atoms with Crippen LogP contribution in [-0.4, -0.2) is 42.7 Å². The van der Waals surface area contributed by atoms with Crippen molar-refractivity contribution in [2.75, 3.05) is 26.0 Å². The Morgan fingerprint density at radius 1 is 1.31 bits per heavy atom. The van der Waals surface area contributed by atoms with Gasteiger partial charge in [0, 0.05) is 38.8 Å². The zero-order valence-electron chi connectivity index (χ0n) is 7.97. The molecule has 4 nitrogen and oxygen atoms in total. The van der Waals surface area contributed by atoms with Gasteiger partial charge in [0.25, 0.3) is 0 Å². The van der Waals surface area contributed by atoms with Crippen molar-refractivity contribution in [3.63, 3.8) is 0 Å². The molecule has 0 heterocycles. The number of nitrogens with one attached hydrogen (secondary N) is 1. The lowest BCUT2D eigenvalue weighted by Gasteiger charge is -2.10.